The number of rotatable bonds is 7. The zero-order chi connectivity index (χ0) is 15.6. The first kappa shape index (κ1) is 16.8. The summed E-state index contributed by atoms with van der Waals surface area (Å²) in [4.78, 5) is 16.3. The maximum Gasteiger partial charge on any atom is 0.252 e. The van der Waals surface area contributed by atoms with Gasteiger partial charge in [0, 0.05) is 25.0 Å². The van der Waals surface area contributed by atoms with Crippen LogP contribution < -0.4 is 10.6 Å². The molecule has 2 N–H and O–H groups in total. The number of hydrogen-bond acceptors (Lipinski definition) is 3. The first-order valence-corrected chi connectivity index (χ1v) is 8.79. The third-order valence-electron chi connectivity index (χ3n) is 4.29. The Bertz CT molecular complexity index is 453. The zero-order valence-electron chi connectivity index (χ0n) is 13.7. The molecule has 1 heterocycles. The number of pyridine rings is 1. The summed E-state index contributed by atoms with van der Waals surface area (Å²) in [6, 6.07) is 2.44. The number of hydrogen-bond donors (Lipinski definition) is 2. The molecule has 0 radical (unpaired) electrons. The van der Waals surface area contributed by atoms with Crippen LogP contribution in [0.15, 0.2) is 18.5 Å². The Labute approximate surface area is 134 Å². The molecule has 1 aromatic heterocycles. The van der Waals surface area contributed by atoms with Crippen LogP contribution in [0.2, 0.25) is 0 Å². The minimum Gasteiger partial charge on any atom is -0.381 e. The molecule has 1 saturated carbocycles. The van der Waals surface area contributed by atoms with E-state index in [0.29, 0.717) is 11.6 Å². The summed E-state index contributed by atoms with van der Waals surface area (Å²) in [6.07, 6.45) is 14.5. The Kier molecular flexibility index (Phi) is 7.20. The van der Waals surface area contributed by atoms with Crippen molar-refractivity contribution < 1.29 is 4.79 Å². The summed E-state index contributed by atoms with van der Waals surface area (Å²) in [6.45, 7) is 2.90. The normalized spacial score (nSPS) is 16.0. The van der Waals surface area contributed by atoms with Gasteiger partial charge >= 0.3 is 0 Å². The lowest BCUT2D eigenvalue weighted by molar-refractivity contribution is 0.0952. The van der Waals surface area contributed by atoms with Crippen molar-refractivity contribution in [2.75, 3.05) is 11.9 Å². The van der Waals surface area contributed by atoms with Crippen LogP contribution in [0.25, 0.3) is 0 Å². The summed E-state index contributed by atoms with van der Waals surface area (Å²) in [5.74, 6) is -0.0203. The lowest BCUT2D eigenvalue weighted by atomic mass is 10.1. The van der Waals surface area contributed by atoms with Crippen molar-refractivity contribution in [1.82, 2.24) is 10.3 Å². The Morgan fingerprint density at radius 2 is 1.95 bits per heavy atom. The third-order valence-corrected chi connectivity index (χ3v) is 4.29. The molecule has 0 aromatic carbocycles. The number of nitrogens with zero attached hydrogens (tertiary/aromatic N) is 1. The molecule has 0 atom stereocenters. The highest BCUT2D eigenvalue weighted by molar-refractivity contribution is 5.94. The van der Waals surface area contributed by atoms with Crippen molar-refractivity contribution in [3.05, 3.63) is 24.0 Å². The Morgan fingerprint density at radius 3 is 2.68 bits per heavy atom. The van der Waals surface area contributed by atoms with Crippen LogP contribution in [0.4, 0.5) is 5.69 Å². The fraction of sp³-hybridized carbons (Fsp3) is 0.667. The number of amides is 1. The summed E-state index contributed by atoms with van der Waals surface area (Å²) in [5.41, 5.74) is 1.61. The van der Waals surface area contributed by atoms with Crippen LogP contribution >= 0.6 is 0 Å². The highest BCUT2D eigenvalue weighted by Gasteiger charge is 2.13. The molecule has 1 aliphatic rings. The largest absolute Gasteiger partial charge is 0.381 e. The number of aromatic nitrogens is 1. The second-order valence-electron chi connectivity index (χ2n) is 6.26. The molecule has 0 spiro atoms. The molecule has 0 aliphatic heterocycles. The molecule has 1 amide bonds. The molecule has 1 fully saturated rings. The van der Waals surface area contributed by atoms with E-state index in [0.717, 1.165) is 31.5 Å². The van der Waals surface area contributed by atoms with Crippen molar-refractivity contribution in [2.45, 2.75) is 70.8 Å². The fourth-order valence-corrected chi connectivity index (χ4v) is 2.98. The van der Waals surface area contributed by atoms with Crippen LogP contribution in [0.3, 0.4) is 0 Å². The molecule has 122 valence electrons. The second-order valence-corrected chi connectivity index (χ2v) is 6.26. The number of nitrogens with one attached hydrogen (secondary N) is 2. The van der Waals surface area contributed by atoms with Crippen molar-refractivity contribution in [1.29, 1.82) is 0 Å². The van der Waals surface area contributed by atoms with Gasteiger partial charge in [-0.2, -0.15) is 0 Å². The highest BCUT2D eigenvalue weighted by Crippen LogP contribution is 2.21. The molecule has 4 heteroatoms. The van der Waals surface area contributed by atoms with Crippen LogP contribution in [-0.4, -0.2) is 23.5 Å². The number of carbonyl (C=O) groups excluding carboxylic acids is 1. The van der Waals surface area contributed by atoms with E-state index in [1.807, 2.05) is 12.3 Å². The average Bonchev–Trinajstić information content (AvgIpc) is 2.80. The van der Waals surface area contributed by atoms with Crippen LogP contribution in [-0.2, 0) is 0 Å². The van der Waals surface area contributed by atoms with E-state index in [-0.39, 0.29) is 5.91 Å². The Hall–Kier alpha value is -1.58. The van der Waals surface area contributed by atoms with E-state index in [2.05, 4.69) is 22.5 Å². The maximum atomic E-state index is 12.1. The predicted octanol–water partition coefficient (Wildman–Crippen LogP) is 4.14. The molecule has 0 unspecified atom stereocenters. The summed E-state index contributed by atoms with van der Waals surface area (Å²) < 4.78 is 0. The van der Waals surface area contributed by atoms with E-state index in [1.54, 1.807) is 6.20 Å². The van der Waals surface area contributed by atoms with Crippen molar-refractivity contribution in [3.8, 4) is 0 Å². The molecule has 0 bridgehead atoms. The quantitative estimate of drug-likeness (QED) is 0.588. The standard InChI is InChI=1S/C18H29N3O/c1-2-3-8-11-20-18(22)15-12-17(14-19-13-15)21-16-9-6-4-5-7-10-16/h12-14,16,21H,2-11H2,1H3,(H,20,22). The van der Waals surface area contributed by atoms with Gasteiger partial charge in [-0.3, -0.25) is 9.78 Å². The average molecular weight is 303 g/mol. The van der Waals surface area contributed by atoms with E-state index in [1.165, 1.54) is 38.5 Å². The minimum atomic E-state index is -0.0203. The predicted molar refractivity (Wildman–Crippen MR) is 91.2 cm³/mol. The number of anilines is 1. The van der Waals surface area contributed by atoms with E-state index < -0.39 is 0 Å². The van der Waals surface area contributed by atoms with Crippen LogP contribution in [0.5, 0.6) is 0 Å². The smallest absolute Gasteiger partial charge is 0.252 e. The first-order valence-electron chi connectivity index (χ1n) is 8.79. The van der Waals surface area contributed by atoms with Gasteiger partial charge in [0.2, 0.25) is 0 Å². The SMILES string of the molecule is CCCCCNC(=O)c1cncc(NC2CCCCCC2)c1. The van der Waals surface area contributed by atoms with Crippen molar-refractivity contribution in [2.24, 2.45) is 0 Å². The van der Waals surface area contributed by atoms with Gasteiger partial charge in [0.25, 0.3) is 5.91 Å². The summed E-state index contributed by atoms with van der Waals surface area (Å²) in [5, 5.41) is 6.52. The van der Waals surface area contributed by atoms with Crippen molar-refractivity contribution in [3.63, 3.8) is 0 Å². The first-order chi connectivity index (χ1) is 10.8. The Balaban J connectivity index is 1.87. The van der Waals surface area contributed by atoms with Crippen molar-refractivity contribution >= 4 is 11.6 Å². The van der Waals surface area contributed by atoms with Gasteiger partial charge in [-0.15, -0.1) is 0 Å². The number of carbonyl (C=O) groups is 1. The minimum absolute atomic E-state index is 0.0203. The van der Waals surface area contributed by atoms with E-state index in [4.69, 9.17) is 0 Å². The molecule has 2 rings (SSSR count). The maximum absolute atomic E-state index is 12.1. The number of unbranched alkanes of at least 4 members (excludes halogenated alkanes) is 2. The Morgan fingerprint density at radius 1 is 1.18 bits per heavy atom. The molecule has 0 saturated heterocycles. The molecule has 4 nitrogen and oxygen atoms in total. The highest BCUT2D eigenvalue weighted by atomic mass is 16.1. The lowest BCUT2D eigenvalue weighted by Gasteiger charge is -2.17. The van der Waals surface area contributed by atoms with Crippen LogP contribution in [0, 0.1) is 0 Å². The zero-order valence-corrected chi connectivity index (χ0v) is 13.7. The molecule has 22 heavy (non-hydrogen) atoms. The molecule has 1 aromatic rings. The van der Waals surface area contributed by atoms with Gasteiger partial charge in [-0.25, -0.2) is 0 Å². The third kappa shape index (κ3) is 5.66. The van der Waals surface area contributed by atoms with Crippen LogP contribution in [0.1, 0.15) is 75.1 Å². The molecular formula is C18H29N3O. The monoisotopic (exact) mass is 303 g/mol. The fourth-order valence-electron chi connectivity index (χ4n) is 2.98. The summed E-state index contributed by atoms with van der Waals surface area (Å²) >= 11 is 0. The van der Waals surface area contributed by atoms with E-state index in [9.17, 15) is 4.79 Å². The van der Waals surface area contributed by atoms with Gasteiger partial charge in [0.1, 0.15) is 0 Å². The van der Waals surface area contributed by atoms with E-state index >= 15 is 0 Å². The second kappa shape index (κ2) is 9.44. The summed E-state index contributed by atoms with van der Waals surface area (Å²) in [7, 11) is 0. The van der Waals surface area contributed by atoms with Gasteiger partial charge < -0.3 is 10.6 Å². The van der Waals surface area contributed by atoms with Gasteiger partial charge in [0.15, 0.2) is 0 Å². The molecular weight excluding hydrogens is 274 g/mol. The topological polar surface area (TPSA) is 54.0 Å². The molecule has 1 aliphatic carbocycles. The van der Waals surface area contributed by atoms with Gasteiger partial charge in [-0.05, 0) is 25.3 Å². The lowest BCUT2D eigenvalue weighted by Crippen LogP contribution is -2.25. The van der Waals surface area contributed by atoms with Gasteiger partial charge in [0.05, 0.1) is 11.3 Å². The van der Waals surface area contributed by atoms with Gasteiger partial charge in [-0.1, -0.05) is 45.4 Å².